The summed E-state index contributed by atoms with van der Waals surface area (Å²) in [5.41, 5.74) is 7.24. The molecule has 0 aromatic rings. The molecule has 0 radical (unpaired) electrons. The molecule has 13 heavy (non-hydrogen) atoms. The van der Waals surface area contributed by atoms with Crippen molar-refractivity contribution in [2.24, 2.45) is 5.73 Å². The average molecular weight is 185 g/mol. The molecular formula is C11H23NO. The summed E-state index contributed by atoms with van der Waals surface area (Å²) in [5, 5.41) is 9.21. The van der Waals surface area contributed by atoms with E-state index >= 15 is 0 Å². The highest BCUT2D eigenvalue weighted by Gasteiger charge is 2.00. The molecule has 0 spiro atoms. The molecule has 2 heteroatoms. The number of rotatable bonds is 3. The first-order chi connectivity index (χ1) is 6.11. The number of allylic oxidation sites excluding steroid dienone is 2. The van der Waals surface area contributed by atoms with Gasteiger partial charge in [-0.05, 0) is 31.9 Å². The zero-order chi connectivity index (χ0) is 10.9. The second-order valence-electron chi connectivity index (χ2n) is 2.54. The SMILES string of the molecule is C/C=C(N)\C=C(/CC)[C@H](C)O.CC. The average Bonchev–Trinajstić information content (AvgIpc) is 2.16. The van der Waals surface area contributed by atoms with E-state index in [1.54, 1.807) is 6.92 Å². The second-order valence-corrected chi connectivity index (χ2v) is 2.54. The third-order valence-corrected chi connectivity index (χ3v) is 1.63. The minimum Gasteiger partial charge on any atom is -0.399 e. The summed E-state index contributed by atoms with van der Waals surface area (Å²) in [4.78, 5) is 0. The number of hydrogen-bond donors (Lipinski definition) is 2. The van der Waals surface area contributed by atoms with Crippen molar-refractivity contribution >= 4 is 0 Å². The maximum Gasteiger partial charge on any atom is 0.0725 e. The molecule has 0 rings (SSSR count). The minimum atomic E-state index is -0.390. The Balaban J connectivity index is 0. The third kappa shape index (κ3) is 7.60. The highest BCUT2D eigenvalue weighted by Crippen LogP contribution is 2.08. The van der Waals surface area contributed by atoms with Gasteiger partial charge in [0.2, 0.25) is 0 Å². The minimum absolute atomic E-state index is 0.390. The fourth-order valence-electron chi connectivity index (χ4n) is 0.815. The number of nitrogens with two attached hydrogens (primary N) is 1. The van der Waals surface area contributed by atoms with Gasteiger partial charge in [0.05, 0.1) is 6.10 Å². The molecule has 3 N–H and O–H groups in total. The molecule has 0 aliphatic rings. The Labute approximate surface area is 82.1 Å². The maximum absolute atomic E-state index is 9.21. The van der Waals surface area contributed by atoms with Crippen LogP contribution in [-0.2, 0) is 0 Å². The van der Waals surface area contributed by atoms with E-state index in [0.717, 1.165) is 12.0 Å². The molecule has 1 atom stereocenters. The molecule has 0 bridgehead atoms. The van der Waals surface area contributed by atoms with Crippen molar-refractivity contribution in [1.82, 2.24) is 0 Å². The van der Waals surface area contributed by atoms with Gasteiger partial charge in [-0.2, -0.15) is 0 Å². The predicted octanol–water partition coefficient (Wildman–Crippen LogP) is 2.59. The Bertz CT molecular complexity index is 169. The molecule has 0 saturated heterocycles. The van der Waals surface area contributed by atoms with Gasteiger partial charge in [0, 0.05) is 5.70 Å². The third-order valence-electron chi connectivity index (χ3n) is 1.63. The van der Waals surface area contributed by atoms with Crippen molar-refractivity contribution in [3.8, 4) is 0 Å². The van der Waals surface area contributed by atoms with E-state index in [1.807, 2.05) is 39.8 Å². The van der Waals surface area contributed by atoms with Crippen LogP contribution in [-0.4, -0.2) is 11.2 Å². The van der Waals surface area contributed by atoms with E-state index in [9.17, 15) is 5.11 Å². The van der Waals surface area contributed by atoms with Crippen LogP contribution in [0.15, 0.2) is 23.4 Å². The van der Waals surface area contributed by atoms with Gasteiger partial charge < -0.3 is 10.8 Å². The van der Waals surface area contributed by atoms with Crippen LogP contribution in [0.4, 0.5) is 0 Å². The Kier molecular flexibility index (Phi) is 10.6. The lowest BCUT2D eigenvalue weighted by molar-refractivity contribution is 0.228. The number of hydrogen-bond acceptors (Lipinski definition) is 2. The van der Waals surface area contributed by atoms with Crippen LogP contribution in [0.3, 0.4) is 0 Å². The first-order valence-electron chi connectivity index (χ1n) is 4.92. The van der Waals surface area contributed by atoms with Gasteiger partial charge in [0.1, 0.15) is 0 Å². The van der Waals surface area contributed by atoms with Crippen molar-refractivity contribution in [3.05, 3.63) is 23.4 Å². The standard InChI is InChI=1S/C9H17NO.C2H6/c1-4-8(7(3)11)6-9(10)5-2;1-2/h5-7,11H,4,10H2,1-3H3;1-2H3/b8-6+,9-5+;/t7-;/m0./s1. The first-order valence-corrected chi connectivity index (χ1v) is 4.92. The van der Waals surface area contributed by atoms with Gasteiger partial charge in [-0.15, -0.1) is 0 Å². The molecule has 78 valence electrons. The zero-order valence-corrected chi connectivity index (χ0v) is 9.46. The van der Waals surface area contributed by atoms with Crippen LogP contribution in [0.2, 0.25) is 0 Å². The highest BCUT2D eigenvalue weighted by molar-refractivity contribution is 5.21. The fourth-order valence-corrected chi connectivity index (χ4v) is 0.815. The maximum atomic E-state index is 9.21. The zero-order valence-electron chi connectivity index (χ0n) is 9.46. The Morgan fingerprint density at radius 1 is 1.46 bits per heavy atom. The lowest BCUT2D eigenvalue weighted by Crippen LogP contribution is -2.05. The van der Waals surface area contributed by atoms with Gasteiger partial charge in [0.15, 0.2) is 0 Å². The van der Waals surface area contributed by atoms with E-state index in [-0.39, 0.29) is 0 Å². The summed E-state index contributed by atoms with van der Waals surface area (Å²) in [6.45, 7) is 9.63. The lowest BCUT2D eigenvalue weighted by atomic mass is 10.1. The van der Waals surface area contributed by atoms with Crippen LogP contribution >= 0.6 is 0 Å². The Hall–Kier alpha value is -0.760. The lowest BCUT2D eigenvalue weighted by Gasteiger charge is -2.07. The second kappa shape index (κ2) is 9.33. The summed E-state index contributed by atoms with van der Waals surface area (Å²) in [5.74, 6) is 0. The summed E-state index contributed by atoms with van der Waals surface area (Å²) in [6, 6.07) is 0. The fraction of sp³-hybridized carbons (Fsp3) is 0.636. The summed E-state index contributed by atoms with van der Waals surface area (Å²) < 4.78 is 0. The van der Waals surface area contributed by atoms with Crippen LogP contribution in [0, 0.1) is 0 Å². The van der Waals surface area contributed by atoms with Crippen molar-refractivity contribution < 1.29 is 5.11 Å². The summed E-state index contributed by atoms with van der Waals surface area (Å²) in [7, 11) is 0. The quantitative estimate of drug-likeness (QED) is 0.664. The van der Waals surface area contributed by atoms with Gasteiger partial charge in [0.25, 0.3) is 0 Å². The van der Waals surface area contributed by atoms with Crippen molar-refractivity contribution in [3.63, 3.8) is 0 Å². The molecule has 2 nitrogen and oxygen atoms in total. The number of aliphatic hydroxyl groups excluding tert-OH is 1. The summed E-state index contributed by atoms with van der Waals surface area (Å²) in [6.07, 6.45) is 4.09. The van der Waals surface area contributed by atoms with Gasteiger partial charge >= 0.3 is 0 Å². The Morgan fingerprint density at radius 3 is 2.15 bits per heavy atom. The molecule has 0 aliphatic carbocycles. The van der Waals surface area contributed by atoms with Crippen molar-refractivity contribution in [1.29, 1.82) is 0 Å². The molecule has 0 saturated carbocycles. The van der Waals surface area contributed by atoms with Crippen LogP contribution in [0.25, 0.3) is 0 Å². The van der Waals surface area contributed by atoms with Crippen LogP contribution < -0.4 is 5.73 Å². The van der Waals surface area contributed by atoms with Gasteiger partial charge in [-0.3, -0.25) is 0 Å². The molecule has 0 fully saturated rings. The van der Waals surface area contributed by atoms with E-state index in [2.05, 4.69) is 0 Å². The van der Waals surface area contributed by atoms with E-state index in [1.165, 1.54) is 0 Å². The predicted molar refractivity (Wildman–Crippen MR) is 59.3 cm³/mol. The molecule has 0 amide bonds. The highest BCUT2D eigenvalue weighted by atomic mass is 16.3. The van der Waals surface area contributed by atoms with Crippen molar-refractivity contribution in [2.75, 3.05) is 0 Å². The summed E-state index contributed by atoms with van der Waals surface area (Å²) >= 11 is 0. The smallest absolute Gasteiger partial charge is 0.0725 e. The van der Waals surface area contributed by atoms with E-state index in [4.69, 9.17) is 5.73 Å². The molecular weight excluding hydrogens is 162 g/mol. The molecule has 0 aliphatic heterocycles. The largest absolute Gasteiger partial charge is 0.399 e. The van der Waals surface area contributed by atoms with E-state index in [0.29, 0.717) is 5.70 Å². The normalized spacial score (nSPS) is 14.6. The molecule has 0 unspecified atom stereocenters. The molecule has 0 aromatic carbocycles. The number of aliphatic hydroxyl groups is 1. The van der Waals surface area contributed by atoms with Gasteiger partial charge in [-0.25, -0.2) is 0 Å². The van der Waals surface area contributed by atoms with Crippen molar-refractivity contribution in [2.45, 2.75) is 47.1 Å². The first kappa shape index (κ1) is 14.7. The van der Waals surface area contributed by atoms with Gasteiger partial charge in [-0.1, -0.05) is 26.8 Å². The topological polar surface area (TPSA) is 46.2 Å². The van der Waals surface area contributed by atoms with Crippen LogP contribution in [0.1, 0.15) is 41.0 Å². The molecule has 0 aromatic heterocycles. The monoisotopic (exact) mass is 185 g/mol. The van der Waals surface area contributed by atoms with Crippen LogP contribution in [0.5, 0.6) is 0 Å². The molecule has 0 heterocycles. The Morgan fingerprint density at radius 2 is 1.92 bits per heavy atom. The van der Waals surface area contributed by atoms with E-state index < -0.39 is 6.10 Å².